The van der Waals surface area contributed by atoms with Gasteiger partial charge in [0, 0.05) is 35.7 Å². The highest BCUT2D eigenvalue weighted by molar-refractivity contribution is 7.99. The van der Waals surface area contributed by atoms with Gasteiger partial charge < -0.3 is 25.2 Å². The summed E-state index contributed by atoms with van der Waals surface area (Å²) in [5.41, 5.74) is 3.90. The summed E-state index contributed by atoms with van der Waals surface area (Å²) in [6.45, 7) is 2.96. The van der Waals surface area contributed by atoms with Gasteiger partial charge in [0.15, 0.2) is 6.29 Å². The van der Waals surface area contributed by atoms with Crippen LogP contribution in [0.4, 0.5) is 4.79 Å². The van der Waals surface area contributed by atoms with Crippen LogP contribution in [0.3, 0.4) is 0 Å². The van der Waals surface area contributed by atoms with Crippen molar-refractivity contribution in [2.24, 2.45) is 0 Å². The quantitative estimate of drug-likeness (QED) is 0.352. The van der Waals surface area contributed by atoms with Crippen LogP contribution in [0.2, 0.25) is 0 Å². The first-order chi connectivity index (χ1) is 17.1. The normalized spacial score (nSPS) is 19.8. The molecule has 184 valence electrons. The molecule has 1 saturated heterocycles. The van der Waals surface area contributed by atoms with Crippen LogP contribution in [0.1, 0.15) is 48.0 Å². The maximum Gasteiger partial charge on any atom is 0.315 e. The van der Waals surface area contributed by atoms with Crippen molar-refractivity contribution in [1.29, 1.82) is 0 Å². The van der Waals surface area contributed by atoms with E-state index in [-0.39, 0.29) is 24.8 Å². The molecule has 1 fully saturated rings. The molecule has 3 aromatic rings. The Morgan fingerprint density at radius 3 is 2.29 bits per heavy atom. The molecule has 4 rings (SSSR count). The van der Waals surface area contributed by atoms with Gasteiger partial charge in [0.25, 0.3) is 0 Å². The number of carbonyl (C=O) groups excluding carboxylic acids is 1. The molecule has 0 radical (unpaired) electrons. The highest BCUT2D eigenvalue weighted by Crippen LogP contribution is 2.39. The van der Waals surface area contributed by atoms with Crippen molar-refractivity contribution in [1.82, 2.24) is 10.6 Å². The number of nitrogens with one attached hydrogen (secondary N) is 2. The van der Waals surface area contributed by atoms with E-state index >= 15 is 0 Å². The number of benzene rings is 3. The highest BCUT2D eigenvalue weighted by Gasteiger charge is 2.32. The fourth-order valence-electron chi connectivity index (χ4n) is 3.93. The SMILES string of the molecule is CCNC(=O)NCc1ccc([C@@H]2O[C@H](CSc3ccccc3)C[C@H](c3ccc(CO)cc3)O2)cc1. The van der Waals surface area contributed by atoms with Gasteiger partial charge in [-0.25, -0.2) is 4.79 Å². The molecule has 35 heavy (non-hydrogen) atoms. The molecule has 1 aliphatic heterocycles. The lowest BCUT2D eigenvalue weighted by Gasteiger charge is -2.36. The van der Waals surface area contributed by atoms with Gasteiger partial charge in [-0.15, -0.1) is 11.8 Å². The Labute approximate surface area is 211 Å². The maximum absolute atomic E-state index is 11.7. The lowest BCUT2D eigenvalue weighted by atomic mass is 10.0. The molecule has 3 N–H and O–H groups in total. The van der Waals surface area contributed by atoms with E-state index in [0.717, 1.165) is 34.4 Å². The Morgan fingerprint density at radius 1 is 0.914 bits per heavy atom. The first kappa shape index (κ1) is 25.3. The number of hydrogen-bond donors (Lipinski definition) is 3. The van der Waals surface area contributed by atoms with Crippen LogP contribution in [0, 0.1) is 0 Å². The predicted molar refractivity (Wildman–Crippen MR) is 138 cm³/mol. The van der Waals surface area contributed by atoms with Crippen molar-refractivity contribution in [3.8, 4) is 0 Å². The zero-order chi connectivity index (χ0) is 24.5. The summed E-state index contributed by atoms with van der Waals surface area (Å²) in [7, 11) is 0. The molecule has 3 atom stereocenters. The minimum absolute atomic E-state index is 0.0144. The van der Waals surface area contributed by atoms with E-state index in [1.807, 2.05) is 73.7 Å². The summed E-state index contributed by atoms with van der Waals surface area (Å²) in [4.78, 5) is 12.9. The van der Waals surface area contributed by atoms with Gasteiger partial charge >= 0.3 is 6.03 Å². The molecule has 0 saturated carbocycles. The second-order valence-corrected chi connectivity index (χ2v) is 9.52. The van der Waals surface area contributed by atoms with Crippen molar-refractivity contribution >= 4 is 17.8 Å². The number of hydrogen-bond acceptors (Lipinski definition) is 5. The van der Waals surface area contributed by atoms with Crippen LogP contribution in [0.15, 0.2) is 83.8 Å². The third-order valence-electron chi connectivity index (χ3n) is 5.84. The van der Waals surface area contributed by atoms with Gasteiger partial charge in [-0.1, -0.05) is 66.7 Å². The first-order valence-electron chi connectivity index (χ1n) is 11.9. The Kier molecular flexibility index (Phi) is 9.20. The lowest BCUT2D eigenvalue weighted by Crippen LogP contribution is -2.34. The van der Waals surface area contributed by atoms with Gasteiger partial charge in [-0.2, -0.15) is 0 Å². The van der Waals surface area contributed by atoms with Crippen molar-refractivity contribution in [2.75, 3.05) is 12.3 Å². The highest BCUT2D eigenvalue weighted by atomic mass is 32.2. The first-order valence-corrected chi connectivity index (χ1v) is 12.9. The number of rotatable bonds is 9. The summed E-state index contributed by atoms with van der Waals surface area (Å²) < 4.78 is 12.8. The standard InChI is InChI=1S/C28H32N2O4S/c1-2-29-28(32)30-17-20-8-14-23(15-9-20)27-33-24(19-35-25-6-4-3-5-7-25)16-26(34-27)22-12-10-21(18-31)11-13-22/h3-15,24,26-27,31H,2,16-19H2,1H3,(H2,29,30,32)/t24-,26+,27+/m0/s1. The largest absolute Gasteiger partial charge is 0.392 e. The number of aliphatic hydroxyl groups is 1. The average molecular weight is 493 g/mol. The molecule has 0 spiro atoms. The van der Waals surface area contributed by atoms with Crippen LogP contribution < -0.4 is 10.6 Å². The van der Waals surface area contributed by atoms with Crippen molar-refractivity contribution in [3.63, 3.8) is 0 Å². The van der Waals surface area contributed by atoms with Crippen LogP contribution >= 0.6 is 11.8 Å². The van der Waals surface area contributed by atoms with E-state index in [1.165, 1.54) is 4.90 Å². The Bertz CT molecular complexity index is 1060. The summed E-state index contributed by atoms with van der Waals surface area (Å²) in [5, 5.41) is 15.0. The van der Waals surface area contributed by atoms with Gasteiger partial charge in [0.05, 0.1) is 18.8 Å². The van der Waals surface area contributed by atoms with E-state index in [9.17, 15) is 9.90 Å². The number of amides is 2. The van der Waals surface area contributed by atoms with Crippen LogP contribution in [-0.4, -0.2) is 29.5 Å². The van der Waals surface area contributed by atoms with Crippen molar-refractivity contribution in [3.05, 3.63) is 101 Å². The molecular formula is C28H32N2O4S. The number of carbonyl (C=O) groups is 1. The monoisotopic (exact) mass is 492 g/mol. The summed E-state index contributed by atoms with van der Waals surface area (Å²) in [6.07, 6.45) is 0.170. The fraction of sp³-hybridized carbons (Fsp3) is 0.321. The summed E-state index contributed by atoms with van der Waals surface area (Å²) in [5.74, 6) is 0.823. The maximum atomic E-state index is 11.7. The topological polar surface area (TPSA) is 79.8 Å². The van der Waals surface area contributed by atoms with E-state index in [0.29, 0.717) is 13.1 Å². The number of aliphatic hydroxyl groups excluding tert-OH is 1. The number of ether oxygens (including phenoxy) is 2. The zero-order valence-electron chi connectivity index (χ0n) is 19.9. The molecule has 0 aliphatic carbocycles. The Morgan fingerprint density at radius 2 is 1.60 bits per heavy atom. The lowest BCUT2D eigenvalue weighted by molar-refractivity contribution is -0.245. The summed E-state index contributed by atoms with van der Waals surface area (Å²) in [6, 6.07) is 26.1. The molecule has 6 nitrogen and oxygen atoms in total. The van der Waals surface area contributed by atoms with Crippen LogP contribution in [0.25, 0.3) is 0 Å². The van der Waals surface area contributed by atoms with E-state index in [1.54, 1.807) is 11.8 Å². The molecule has 0 bridgehead atoms. The van der Waals surface area contributed by atoms with Crippen molar-refractivity contribution < 1.29 is 19.4 Å². The molecule has 0 aromatic heterocycles. The summed E-state index contributed by atoms with van der Waals surface area (Å²) >= 11 is 1.78. The number of urea groups is 1. The van der Waals surface area contributed by atoms with Crippen molar-refractivity contribution in [2.45, 2.75) is 49.9 Å². The minimum atomic E-state index is -0.488. The smallest absolute Gasteiger partial charge is 0.315 e. The van der Waals surface area contributed by atoms with Gasteiger partial charge in [0.2, 0.25) is 0 Å². The third-order valence-corrected chi connectivity index (χ3v) is 6.98. The molecule has 0 unspecified atom stereocenters. The Hall–Kier alpha value is -2.84. The molecule has 1 aliphatic rings. The van der Waals surface area contributed by atoms with Gasteiger partial charge in [-0.3, -0.25) is 0 Å². The number of thioether (sulfide) groups is 1. The Balaban J connectivity index is 1.46. The van der Waals surface area contributed by atoms with Gasteiger partial charge in [-0.05, 0) is 35.7 Å². The fourth-order valence-corrected chi connectivity index (χ4v) is 4.87. The van der Waals surface area contributed by atoms with Crippen LogP contribution in [0.5, 0.6) is 0 Å². The molecule has 2 amide bonds. The molecule has 1 heterocycles. The van der Waals surface area contributed by atoms with E-state index < -0.39 is 6.29 Å². The second kappa shape index (κ2) is 12.7. The zero-order valence-corrected chi connectivity index (χ0v) is 20.7. The van der Waals surface area contributed by atoms with E-state index in [4.69, 9.17) is 9.47 Å². The molecule has 7 heteroatoms. The molecule has 3 aromatic carbocycles. The third kappa shape index (κ3) is 7.32. The van der Waals surface area contributed by atoms with Gasteiger partial charge in [0.1, 0.15) is 0 Å². The minimum Gasteiger partial charge on any atom is -0.392 e. The second-order valence-electron chi connectivity index (χ2n) is 8.43. The van der Waals surface area contributed by atoms with E-state index in [2.05, 4.69) is 22.8 Å². The predicted octanol–water partition coefficient (Wildman–Crippen LogP) is 5.34. The molecular weight excluding hydrogens is 460 g/mol. The average Bonchev–Trinajstić information content (AvgIpc) is 2.92. The van der Waals surface area contributed by atoms with Crippen LogP contribution in [-0.2, 0) is 22.6 Å².